The van der Waals surface area contributed by atoms with Gasteiger partial charge in [0, 0.05) is 16.6 Å². The van der Waals surface area contributed by atoms with Crippen molar-refractivity contribution in [3.63, 3.8) is 0 Å². The zero-order valence-corrected chi connectivity index (χ0v) is 10.0. The molecule has 1 aromatic heterocycles. The summed E-state index contributed by atoms with van der Waals surface area (Å²) in [5.41, 5.74) is 1.61. The molecule has 0 fully saturated rings. The molecular formula is C12H13FN2S. The van der Waals surface area contributed by atoms with E-state index in [1.54, 1.807) is 23.5 Å². The Labute approximate surface area is 98.2 Å². The average molecular weight is 236 g/mol. The molecule has 84 valence electrons. The third-order valence-corrected chi connectivity index (χ3v) is 3.42. The minimum atomic E-state index is -0.199. The number of rotatable bonds is 3. The lowest BCUT2D eigenvalue weighted by Crippen LogP contribution is -2.18. The number of hydrogen-bond donors (Lipinski definition) is 1. The van der Waals surface area contributed by atoms with Crippen LogP contribution >= 0.6 is 11.3 Å². The number of hydrogen-bond acceptors (Lipinski definition) is 3. The predicted molar refractivity (Wildman–Crippen MR) is 64.2 cm³/mol. The van der Waals surface area contributed by atoms with E-state index in [4.69, 9.17) is 0 Å². The van der Waals surface area contributed by atoms with Gasteiger partial charge in [-0.2, -0.15) is 0 Å². The molecule has 0 spiro atoms. The molecular weight excluding hydrogens is 223 g/mol. The lowest BCUT2D eigenvalue weighted by molar-refractivity contribution is 0.575. The second-order valence-electron chi connectivity index (χ2n) is 3.57. The summed E-state index contributed by atoms with van der Waals surface area (Å²) in [6, 6.07) is 6.62. The Morgan fingerprint density at radius 3 is 2.69 bits per heavy atom. The third kappa shape index (κ3) is 2.13. The summed E-state index contributed by atoms with van der Waals surface area (Å²) < 4.78 is 13.7. The predicted octanol–water partition coefficient (Wildman–Crippen LogP) is 2.90. The van der Waals surface area contributed by atoms with Crippen LogP contribution in [0.15, 0.2) is 29.6 Å². The molecule has 4 heteroatoms. The standard InChI is InChI=1S/C12H13FN2S/c1-8-7-16-12(15-8)11(14-2)9-5-3-4-6-10(9)13/h3-7,11,14H,1-2H3. The highest BCUT2D eigenvalue weighted by atomic mass is 32.1. The Hall–Kier alpha value is -1.26. The van der Waals surface area contributed by atoms with Crippen LogP contribution in [0.25, 0.3) is 0 Å². The van der Waals surface area contributed by atoms with E-state index in [0.717, 1.165) is 10.7 Å². The van der Waals surface area contributed by atoms with Crippen molar-refractivity contribution in [2.45, 2.75) is 13.0 Å². The Morgan fingerprint density at radius 2 is 2.12 bits per heavy atom. The van der Waals surface area contributed by atoms with Crippen LogP contribution < -0.4 is 5.32 Å². The highest BCUT2D eigenvalue weighted by molar-refractivity contribution is 7.09. The van der Waals surface area contributed by atoms with Gasteiger partial charge in [-0.25, -0.2) is 9.37 Å². The van der Waals surface area contributed by atoms with Crippen molar-refractivity contribution in [2.75, 3.05) is 7.05 Å². The Bertz CT molecular complexity index is 481. The minimum absolute atomic E-state index is 0.167. The fraction of sp³-hybridized carbons (Fsp3) is 0.250. The van der Waals surface area contributed by atoms with E-state index in [-0.39, 0.29) is 11.9 Å². The topological polar surface area (TPSA) is 24.9 Å². The summed E-state index contributed by atoms with van der Waals surface area (Å²) in [4.78, 5) is 4.39. The third-order valence-electron chi connectivity index (χ3n) is 2.39. The second kappa shape index (κ2) is 4.72. The second-order valence-corrected chi connectivity index (χ2v) is 4.46. The monoisotopic (exact) mass is 236 g/mol. The molecule has 0 saturated carbocycles. The first-order valence-corrected chi connectivity index (χ1v) is 5.94. The van der Waals surface area contributed by atoms with E-state index < -0.39 is 0 Å². The largest absolute Gasteiger partial charge is 0.307 e. The molecule has 2 aromatic rings. The Morgan fingerprint density at radius 1 is 1.38 bits per heavy atom. The van der Waals surface area contributed by atoms with Crippen molar-refractivity contribution < 1.29 is 4.39 Å². The highest BCUT2D eigenvalue weighted by Crippen LogP contribution is 2.26. The minimum Gasteiger partial charge on any atom is -0.307 e. The molecule has 1 aromatic carbocycles. The van der Waals surface area contributed by atoms with Crippen LogP contribution in [0.2, 0.25) is 0 Å². The molecule has 2 nitrogen and oxygen atoms in total. The fourth-order valence-corrected chi connectivity index (χ4v) is 2.55. The summed E-state index contributed by atoms with van der Waals surface area (Å²) in [6.07, 6.45) is 0. The van der Waals surface area contributed by atoms with Gasteiger partial charge in [-0.1, -0.05) is 18.2 Å². The van der Waals surface area contributed by atoms with Crippen molar-refractivity contribution in [1.82, 2.24) is 10.3 Å². The molecule has 0 aliphatic heterocycles. The number of aromatic nitrogens is 1. The number of aryl methyl sites for hydroxylation is 1. The lowest BCUT2D eigenvalue weighted by atomic mass is 10.1. The number of nitrogens with zero attached hydrogens (tertiary/aromatic N) is 1. The van der Waals surface area contributed by atoms with E-state index in [1.165, 1.54) is 6.07 Å². The van der Waals surface area contributed by atoms with Crippen molar-refractivity contribution in [3.05, 3.63) is 51.7 Å². The van der Waals surface area contributed by atoms with E-state index in [9.17, 15) is 4.39 Å². The van der Waals surface area contributed by atoms with Gasteiger partial charge in [-0.05, 0) is 20.0 Å². The fourth-order valence-electron chi connectivity index (χ4n) is 1.63. The molecule has 0 saturated heterocycles. The molecule has 0 amide bonds. The van der Waals surface area contributed by atoms with Crippen LogP contribution in [0.3, 0.4) is 0 Å². The lowest BCUT2D eigenvalue weighted by Gasteiger charge is -2.14. The van der Waals surface area contributed by atoms with Crippen molar-refractivity contribution in [1.29, 1.82) is 0 Å². The first-order chi connectivity index (χ1) is 7.72. The molecule has 0 bridgehead atoms. The van der Waals surface area contributed by atoms with Gasteiger partial charge >= 0.3 is 0 Å². The van der Waals surface area contributed by atoms with E-state index in [0.29, 0.717) is 5.56 Å². The van der Waals surface area contributed by atoms with Crippen molar-refractivity contribution in [2.24, 2.45) is 0 Å². The smallest absolute Gasteiger partial charge is 0.128 e. The van der Waals surface area contributed by atoms with Gasteiger partial charge in [0.25, 0.3) is 0 Å². The van der Waals surface area contributed by atoms with E-state index >= 15 is 0 Å². The SMILES string of the molecule is CNC(c1nc(C)cs1)c1ccccc1F. The Balaban J connectivity index is 2.40. The first kappa shape index (κ1) is 11.2. The van der Waals surface area contributed by atoms with Crippen molar-refractivity contribution >= 4 is 11.3 Å². The molecule has 0 aliphatic rings. The molecule has 1 heterocycles. The van der Waals surface area contributed by atoms with Crippen LogP contribution in [0.4, 0.5) is 4.39 Å². The number of benzene rings is 1. The normalized spacial score (nSPS) is 12.7. The van der Waals surface area contributed by atoms with Gasteiger partial charge in [0.1, 0.15) is 10.8 Å². The first-order valence-electron chi connectivity index (χ1n) is 5.06. The van der Waals surface area contributed by atoms with Gasteiger partial charge in [-0.15, -0.1) is 11.3 Å². The van der Waals surface area contributed by atoms with Gasteiger partial charge in [0.2, 0.25) is 0 Å². The van der Waals surface area contributed by atoms with Crippen LogP contribution in [0.1, 0.15) is 22.3 Å². The number of nitrogens with one attached hydrogen (secondary N) is 1. The zero-order valence-electron chi connectivity index (χ0n) is 9.20. The van der Waals surface area contributed by atoms with Crippen LogP contribution in [-0.4, -0.2) is 12.0 Å². The molecule has 1 unspecified atom stereocenters. The van der Waals surface area contributed by atoms with E-state index in [2.05, 4.69) is 10.3 Å². The summed E-state index contributed by atoms with van der Waals surface area (Å²) >= 11 is 1.55. The maximum absolute atomic E-state index is 13.7. The quantitative estimate of drug-likeness (QED) is 0.886. The highest BCUT2D eigenvalue weighted by Gasteiger charge is 2.18. The van der Waals surface area contributed by atoms with Crippen LogP contribution in [-0.2, 0) is 0 Å². The van der Waals surface area contributed by atoms with Crippen molar-refractivity contribution in [3.8, 4) is 0 Å². The molecule has 1 atom stereocenters. The summed E-state index contributed by atoms with van der Waals surface area (Å²) in [7, 11) is 1.81. The van der Waals surface area contributed by atoms with E-state index in [1.807, 2.05) is 25.4 Å². The maximum Gasteiger partial charge on any atom is 0.128 e. The van der Waals surface area contributed by atoms with Gasteiger partial charge < -0.3 is 5.32 Å². The molecule has 0 radical (unpaired) electrons. The molecule has 2 rings (SSSR count). The average Bonchev–Trinajstić information content (AvgIpc) is 2.69. The summed E-state index contributed by atoms with van der Waals surface area (Å²) in [5, 5.41) is 5.96. The summed E-state index contributed by atoms with van der Waals surface area (Å²) in [6.45, 7) is 1.94. The summed E-state index contributed by atoms with van der Waals surface area (Å²) in [5.74, 6) is -0.199. The molecule has 1 N–H and O–H groups in total. The van der Waals surface area contributed by atoms with Crippen LogP contribution in [0.5, 0.6) is 0 Å². The number of halogens is 1. The van der Waals surface area contributed by atoms with Crippen LogP contribution in [0, 0.1) is 12.7 Å². The van der Waals surface area contributed by atoms with Gasteiger partial charge in [-0.3, -0.25) is 0 Å². The molecule has 16 heavy (non-hydrogen) atoms. The zero-order chi connectivity index (χ0) is 11.5. The molecule has 0 aliphatic carbocycles. The Kier molecular flexibility index (Phi) is 3.31. The van der Waals surface area contributed by atoms with Gasteiger partial charge in [0.15, 0.2) is 0 Å². The van der Waals surface area contributed by atoms with Gasteiger partial charge in [0.05, 0.1) is 6.04 Å². The maximum atomic E-state index is 13.7. The number of thiazole rings is 1.